The SMILES string of the molecule is CCCCCCCCC/C=C\CCCCCCCCCC(=O)OCCCCCCCCCCCCCCCCCCCC/C=C\CCCCCCCCCCCCCCCCCCCC(=O)NC(CO)C(O)CCCCCCCCCCCCCCCCC. The van der Waals surface area contributed by atoms with Gasteiger partial charge >= 0.3 is 5.97 Å². The van der Waals surface area contributed by atoms with Crippen molar-refractivity contribution in [1.82, 2.24) is 5.32 Å². The topological polar surface area (TPSA) is 95.9 Å². The minimum atomic E-state index is -0.661. The minimum Gasteiger partial charge on any atom is -0.466 e. The van der Waals surface area contributed by atoms with Gasteiger partial charge in [0.05, 0.1) is 25.4 Å². The van der Waals surface area contributed by atoms with Crippen LogP contribution in [0.2, 0.25) is 0 Å². The number of unbranched alkanes of at least 4 members (excludes halogenated alkanes) is 63. The fraction of sp³-hybridized carbons (Fsp3) is 0.928. The summed E-state index contributed by atoms with van der Waals surface area (Å²) in [5, 5.41) is 23.4. The van der Waals surface area contributed by atoms with E-state index in [0.717, 1.165) is 38.5 Å². The van der Waals surface area contributed by atoms with E-state index in [9.17, 15) is 19.8 Å². The molecule has 0 saturated carbocycles. The summed E-state index contributed by atoms with van der Waals surface area (Å²) in [6.45, 7) is 5.00. The van der Waals surface area contributed by atoms with Gasteiger partial charge in [-0.3, -0.25) is 9.59 Å². The molecule has 528 valence electrons. The van der Waals surface area contributed by atoms with Gasteiger partial charge in [-0.25, -0.2) is 0 Å². The van der Waals surface area contributed by atoms with Gasteiger partial charge in [0.1, 0.15) is 0 Å². The van der Waals surface area contributed by atoms with Crippen molar-refractivity contribution >= 4 is 11.9 Å². The van der Waals surface area contributed by atoms with Gasteiger partial charge in [-0.1, -0.05) is 404 Å². The van der Waals surface area contributed by atoms with Crippen LogP contribution >= 0.6 is 0 Å². The molecule has 0 spiro atoms. The van der Waals surface area contributed by atoms with Crippen molar-refractivity contribution in [2.45, 2.75) is 482 Å². The zero-order valence-electron chi connectivity index (χ0n) is 60.7. The molecule has 0 aromatic carbocycles. The largest absolute Gasteiger partial charge is 0.466 e. The molecule has 0 rings (SSSR count). The average Bonchev–Trinajstić information content (AvgIpc) is 3.59. The Morgan fingerprint density at radius 1 is 0.303 bits per heavy atom. The summed E-state index contributed by atoms with van der Waals surface area (Å²) in [5.74, 6) is -0.00634. The van der Waals surface area contributed by atoms with Crippen LogP contribution in [0.3, 0.4) is 0 Å². The lowest BCUT2D eigenvalue weighted by molar-refractivity contribution is -0.143. The molecule has 2 unspecified atom stereocenters. The molecule has 0 heterocycles. The first-order valence-corrected chi connectivity index (χ1v) is 41.1. The first-order valence-electron chi connectivity index (χ1n) is 41.1. The van der Waals surface area contributed by atoms with Crippen molar-refractivity contribution in [2.24, 2.45) is 0 Å². The van der Waals surface area contributed by atoms with Crippen molar-refractivity contribution in [2.75, 3.05) is 13.2 Å². The van der Waals surface area contributed by atoms with Crippen LogP contribution in [0.25, 0.3) is 0 Å². The summed E-state index contributed by atoms with van der Waals surface area (Å²) < 4.78 is 5.52. The summed E-state index contributed by atoms with van der Waals surface area (Å²) in [7, 11) is 0. The zero-order chi connectivity index (χ0) is 64.2. The number of esters is 1. The molecule has 0 radical (unpaired) electrons. The Balaban J connectivity index is 3.30. The molecule has 0 saturated heterocycles. The predicted molar refractivity (Wildman–Crippen MR) is 393 cm³/mol. The van der Waals surface area contributed by atoms with Crippen LogP contribution in [0.1, 0.15) is 470 Å². The van der Waals surface area contributed by atoms with E-state index >= 15 is 0 Å². The van der Waals surface area contributed by atoms with Gasteiger partial charge < -0.3 is 20.3 Å². The first-order chi connectivity index (χ1) is 44.0. The molecule has 3 N–H and O–H groups in total. The maximum atomic E-state index is 12.5. The van der Waals surface area contributed by atoms with Crippen molar-refractivity contribution in [1.29, 1.82) is 0 Å². The third-order valence-corrected chi connectivity index (χ3v) is 19.5. The second-order valence-electron chi connectivity index (χ2n) is 28.5. The smallest absolute Gasteiger partial charge is 0.305 e. The molecule has 6 heteroatoms. The van der Waals surface area contributed by atoms with E-state index in [1.54, 1.807) is 0 Å². The van der Waals surface area contributed by atoms with Gasteiger partial charge in [-0.15, -0.1) is 0 Å². The summed E-state index contributed by atoms with van der Waals surface area (Å²) >= 11 is 0. The van der Waals surface area contributed by atoms with Crippen LogP contribution in [0.4, 0.5) is 0 Å². The first kappa shape index (κ1) is 87.3. The number of carbonyl (C=O) groups excluding carboxylic acids is 2. The standard InChI is InChI=1S/C83H161NO5/c1-3-5-7-9-11-13-15-17-19-20-45-49-53-57-61-65-69-73-77-83(88)89-78-74-70-66-62-58-54-50-46-43-41-39-37-35-33-31-29-27-25-23-21-22-24-26-28-30-32-34-36-38-40-42-44-48-52-56-60-64-68-72-76-82(87)84-80(79-85)81(86)75-71-67-63-59-55-51-47-18-16-14-12-10-8-6-4-2/h19-22,80-81,85-86H,3-18,23-79H2,1-2H3,(H,84,87)/b20-19-,22-21-. The number of aliphatic hydroxyl groups is 2. The highest BCUT2D eigenvalue weighted by Crippen LogP contribution is 2.20. The molecule has 0 aromatic rings. The Morgan fingerprint density at radius 3 is 0.798 bits per heavy atom. The number of allylic oxidation sites excluding steroid dienone is 4. The Labute approximate surface area is 558 Å². The Bertz CT molecular complexity index is 1400. The lowest BCUT2D eigenvalue weighted by Crippen LogP contribution is -2.45. The van der Waals surface area contributed by atoms with E-state index < -0.39 is 12.1 Å². The van der Waals surface area contributed by atoms with Gasteiger partial charge in [0.25, 0.3) is 0 Å². The number of rotatable bonds is 78. The molecular weight excluding hydrogens is 1090 g/mol. The van der Waals surface area contributed by atoms with Crippen LogP contribution in [0, 0.1) is 0 Å². The van der Waals surface area contributed by atoms with Crippen molar-refractivity contribution in [3.8, 4) is 0 Å². The van der Waals surface area contributed by atoms with Gasteiger partial charge in [0.2, 0.25) is 5.91 Å². The van der Waals surface area contributed by atoms with E-state index in [1.807, 2.05) is 0 Å². The van der Waals surface area contributed by atoms with E-state index in [0.29, 0.717) is 25.9 Å². The van der Waals surface area contributed by atoms with E-state index in [1.165, 1.54) is 398 Å². The third kappa shape index (κ3) is 75.3. The molecule has 6 nitrogen and oxygen atoms in total. The summed E-state index contributed by atoms with van der Waals surface area (Å²) in [5.41, 5.74) is 0. The van der Waals surface area contributed by atoms with Gasteiger partial charge in [-0.2, -0.15) is 0 Å². The van der Waals surface area contributed by atoms with Crippen molar-refractivity contribution in [3.63, 3.8) is 0 Å². The van der Waals surface area contributed by atoms with E-state index in [4.69, 9.17) is 4.74 Å². The Hall–Kier alpha value is -1.66. The molecule has 0 aliphatic carbocycles. The summed E-state index contributed by atoms with van der Waals surface area (Å²) in [4.78, 5) is 24.6. The molecule has 89 heavy (non-hydrogen) atoms. The maximum absolute atomic E-state index is 12.5. The third-order valence-electron chi connectivity index (χ3n) is 19.5. The molecular formula is C83H161NO5. The molecule has 1 amide bonds. The molecule has 0 aliphatic rings. The number of hydrogen-bond acceptors (Lipinski definition) is 5. The molecule has 0 bridgehead atoms. The monoisotopic (exact) mass is 1250 g/mol. The maximum Gasteiger partial charge on any atom is 0.305 e. The van der Waals surface area contributed by atoms with Crippen LogP contribution in [0.5, 0.6) is 0 Å². The number of carbonyl (C=O) groups is 2. The van der Waals surface area contributed by atoms with Crippen molar-refractivity contribution in [3.05, 3.63) is 24.3 Å². The Morgan fingerprint density at radius 2 is 0.528 bits per heavy atom. The van der Waals surface area contributed by atoms with E-state index in [-0.39, 0.29) is 18.5 Å². The summed E-state index contributed by atoms with van der Waals surface area (Å²) in [6.07, 6.45) is 102. The van der Waals surface area contributed by atoms with Crippen LogP contribution in [-0.4, -0.2) is 47.4 Å². The highest BCUT2D eigenvalue weighted by Gasteiger charge is 2.20. The molecule has 0 aliphatic heterocycles. The second-order valence-corrected chi connectivity index (χ2v) is 28.5. The second kappa shape index (κ2) is 78.8. The fourth-order valence-electron chi connectivity index (χ4n) is 13.2. The number of nitrogens with one attached hydrogen (secondary N) is 1. The highest BCUT2D eigenvalue weighted by molar-refractivity contribution is 5.76. The highest BCUT2D eigenvalue weighted by atomic mass is 16.5. The average molecular weight is 1250 g/mol. The van der Waals surface area contributed by atoms with Crippen molar-refractivity contribution < 1.29 is 24.5 Å². The zero-order valence-corrected chi connectivity index (χ0v) is 60.7. The van der Waals surface area contributed by atoms with Gasteiger partial charge in [0.15, 0.2) is 0 Å². The molecule has 0 fully saturated rings. The van der Waals surface area contributed by atoms with Gasteiger partial charge in [-0.05, 0) is 77.0 Å². The van der Waals surface area contributed by atoms with Crippen LogP contribution in [0.15, 0.2) is 24.3 Å². The summed E-state index contributed by atoms with van der Waals surface area (Å²) in [6, 6.07) is -0.538. The molecule has 2 atom stereocenters. The fourth-order valence-corrected chi connectivity index (χ4v) is 13.2. The normalized spacial score (nSPS) is 12.5. The number of ether oxygens (including phenoxy) is 1. The van der Waals surface area contributed by atoms with Crippen LogP contribution < -0.4 is 5.32 Å². The van der Waals surface area contributed by atoms with E-state index in [2.05, 4.69) is 43.5 Å². The minimum absolute atomic E-state index is 0.0206. The van der Waals surface area contributed by atoms with Crippen LogP contribution in [-0.2, 0) is 14.3 Å². The number of amides is 1. The predicted octanol–water partition coefficient (Wildman–Crippen LogP) is 27.2. The lowest BCUT2D eigenvalue weighted by atomic mass is 10.0. The number of aliphatic hydroxyl groups excluding tert-OH is 2. The lowest BCUT2D eigenvalue weighted by Gasteiger charge is -2.22. The number of hydrogen-bond donors (Lipinski definition) is 3. The van der Waals surface area contributed by atoms with Gasteiger partial charge in [0, 0.05) is 12.8 Å². The molecule has 0 aromatic heterocycles. The Kier molecular flexibility index (Phi) is 77.3. The quantitative estimate of drug-likeness (QED) is 0.0320.